The lowest BCUT2D eigenvalue weighted by Crippen LogP contribution is -2.35. The maximum Gasteiger partial charge on any atom is 0.244 e. The van der Waals surface area contributed by atoms with E-state index >= 15 is 0 Å². The Balaban J connectivity index is 2.38. The van der Waals surface area contributed by atoms with Crippen molar-refractivity contribution in [3.8, 4) is 0 Å². The standard InChI is InChI=1S/C13H18BrNO3S/c1-15(11-4-2-3-5-11)19(17,18)13-8-10(9-16)6-7-12(13)14/h6-8,11,16H,2-5,9H2,1H3. The van der Waals surface area contributed by atoms with Crippen molar-refractivity contribution >= 4 is 26.0 Å². The average molecular weight is 348 g/mol. The fourth-order valence-corrected chi connectivity index (χ4v) is 4.85. The van der Waals surface area contributed by atoms with E-state index in [0.29, 0.717) is 10.0 Å². The summed E-state index contributed by atoms with van der Waals surface area (Å²) in [5.41, 5.74) is 0.599. The van der Waals surface area contributed by atoms with Crippen molar-refractivity contribution in [1.82, 2.24) is 4.31 Å². The molecule has 0 atom stereocenters. The summed E-state index contributed by atoms with van der Waals surface area (Å²) in [6.07, 6.45) is 4.02. The number of benzene rings is 1. The SMILES string of the molecule is CN(C1CCCC1)S(=O)(=O)c1cc(CO)ccc1Br. The molecule has 0 saturated heterocycles. The van der Waals surface area contributed by atoms with Gasteiger partial charge in [0, 0.05) is 17.6 Å². The van der Waals surface area contributed by atoms with Crippen molar-refractivity contribution in [1.29, 1.82) is 0 Å². The zero-order valence-corrected chi connectivity index (χ0v) is 13.2. The summed E-state index contributed by atoms with van der Waals surface area (Å²) in [6.45, 7) is -0.164. The first-order valence-corrected chi connectivity index (χ1v) is 8.57. The Morgan fingerprint density at radius 3 is 2.58 bits per heavy atom. The molecule has 1 aliphatic carbocycles. The fraction of sp³-hybridized carbons (Fsp3) is 0.538. The van der Waals surface area contributed by atoms with Crippen LogP contribution in [0.3, 0.4) is 0 Å². The quantitative estimate of drug-likeness (QED) is 0.910. The van der Waals surface area contributed by atoms with Crippen LogP contribution in [-0.4, -0.2) is 30.9 Å². The zero-order chi connectivity index (χ0) is 14.0. The van der Waals surface area contributed by atoms with Crippen LogP contribution >= 0.6 is 15.9 Å². The third-order valence-corrected chi connectivity index (χ3v) is 6.58. The minimum Gasteiger partial charge on any atom is -0.392 e. The van der Waals surface area contributed by atoms with Crippen LogP contribution in [0.2, 0.25) is 0 Å². The number of sulfonamides is 1. The number of hydrogen-bond donors (Lipinski definition) is 1. The van der Waals surface area contributed by atoms with Gasteiger partial charge < -0.3 is 5.11 Å². The van der Waals surface area contributed by atoms with Crippen LogP contribution in [0.5, 0.6) is 0 Å². The molecule has 1 N–H and O–H groups in total. The van der Waals surface area contributed by atoms with E-state index < -0.39 is 10.0 Å². The molecule has 0 unspecified atom stereocenters. The smallest absolute Gasteiger partial charge is 0.244 e. The van der Waals surface area contributed by atoms with Crippen LogP contribution in [0.1, 0.15) is 31.2 Å². The van der Waals surface area contributed by atoms with Crippen LogP contribution < -0.4 is 0 Å². The Morgan fingerprint density at radius 1 is 1.37 bits per heavy atom. The van der Waals surface area contributed by atoms with E-state index in [2.05, 4.69) is 15.9 Å². The van der Waals surface area contributed by atoms with E-state index in [1.54, 1.807) is 19.2 Å². The van der Waals surface area contributed by atoms with Gasteiger partial charge in [-0.1, -0.05) is 18.9 Å². The van der Waals surface area contributed by atoms with Crippen molar-refractivity contribution < 1.29 is 13.5 Å². The van der Waals surface area contributed by atoms with Crippen molar-refractivity contribution in [3.05, 3.63) is 28.2 Å². The normalized spacial score (nSPS) is 17.3. The Kier molecular flexibility index (Phi) is 4.66. The fourth-order valence-electron chi connectivity index (χ4n) is 2.46. The summed E-state index contributed by atoms with van der Waals surface area (Å²) in [5, 5.41) is 9.15. The van der Waals surface area contributed by atoms with Crippen LogP contribution in [0.4, 0.5) is 0 Å². The minimum atomic E-state index is -3.51. The first-order valence-electron chi connectivity index (χ1n) is 6.34. The van der Waals surface area contributed by atoms with Gasteiger partial charge in [0.2, 0.25) is 10.0 Å². The highest BCUT2D eigenvalue weighted by atomic mass is 79.9. The molecular formula is C13H18BrNO3S. The third-order valence-electron chi connectivity index (χ3n) is 3.67. The Morgan fingerprint density at radius 2 is 2.00 bits per heavy atom. The molecule has 0 spiro atoms. The predicted molar refractivity (Wildman–Crippen MR) is 77.3 cm³/mol. The number of aliphatic hydroxyl groups excluding tert-OH is 1. The van der Waals surface area contributed by atoms with Gasteiger partial charge in [-0.3, -0.25) is 0 Å². The molecule has 1 aliphatic rings. The molecule has 6 heteroatoms. The molecule has 1 aromatic carbocycles. The lowest BCUT2D eigenvalue weighted by atomic mass is 10.2. The van der Waals surface area contributed by atoms with Crippen molar-refractivity contribution in [2.75, 3.05) is 7.05 Å². The van der Waals surface area contributed by atoms with E-state index in [4.69, 9.17) is 5.11 Å². The van der Waals surface area contributed by atoms with E-state index in [9.17, 15) is 8.42 Å². The molecule has 1 saturated carbocycles. The van der Waals surface area contributed by atoms with E-state index in [1.807, 2.05) is 0 Å². The highest BCUT2D eigenvalue weighted by Gasteiger charge is 2.31. The summed E-state index contributed by atoms with van der Waals surface area (Å²) in [4.78, 5) is 0.230. The maximum absolute atomic E-state index is 12.6. The number of rotatable bonds is 4. The summed E-state index contributed by atoms with van der Waals surface area (Å²) in [7, 11) is -1.87. The summed E-state index contributed by atoms with van der Waals surface area (Å²) in [5.74, 6) is 0. The second-order valence-electron chi connectivity index (χ2n) is 4.88. The molecule has 19 heavy (non-hydrogen) atoms. The molecule has 0 aliphatic heterocycles. The molecule has 0 radical (unpaired) electrons. The van der Waals surface area contributed by atoms with Crippen LogP contribution in [-0.2, 0) is 16.6 Å². The minimum absolute atomic E-state index is 0.0923. The molecule has 2 rings (SSSR count). The number of nitrogens with zero attached hydrogens (tertiary/aromatic N) is 1. The predicted octanol–water partition coefficient (Wildman–Crippen LogP) is 2.50. The summed E-state index contributed by atoms with van der Waals surface area (Å²) in [6, 6.07) is 5.00. The van der Waals surface area contributed by atoms with Gasteiger partial charge in [-0.25, -0.2) is 8.42 Å². The second kappa shape index (κ2) is 5.91. The molecular weight excluding hydrogens is 330 g/mol. The van der Waals surface area contributed by atoms with Crippen molar-refractivity contribution in [2.24, 2.45) is 0 Å². The largest absolute Gasteiger partial charge is 0.392 e. The molecule has 0 heterocycles. The monoisotopic (exact) mass is 347 g/mol. The number of hydrogen-bond acceptors (Lipinski definition) is 3. The van der Waals surface area contributed by atoms with Gasteiger partial charge in [0.15, 0.2) is 0 Å². The molecule has 0 amide bonds. The zero-order valence-electron chi connectivity index (χ0n) is 10.8. The van der Waals surface area contributed by atoms with Gasteiger partial charge in [0.1, 0.15) is 0 Å². The summed E-state index contributed by atoms with van der Waals surface area (Å²) < 4.78 is 27.3. The lowest BCUT2D eigenvalue weighted by Gasteiger charge is -2.24. The highest BCUT2D eigenvalue weighted by Crippen LogP contribution is 2.31. The molecule has 1 fully saturated rings. The second-order valence-corrected chi connectivity index (χ2v) is 7.70. The van der Waals surface area contributed by atoms with Crippen LogP contribution in [0.15, 0.2) is 27.6 Å². The molecule has 4 nitrogen and oxygen atoms in total. The van der Waals surface area contributed by atoms with E-state index in [0.717, 1.165) is 25.7 Å². The maximum atomic E-state index is 12.6. The lowest BCUT2D eigenvalue weighted by molar-refractivity contribution is 0.281. The van der Waals surface area contributed by atoms with E-state index in [-0.39, 0.29) is 17.5 Å². The molecule has 106 valence electrons. The Labute approximate surface area is 122 Å². The van der Waals surface area contributed by atoms with Gasteiger partial charge in [-0.2, -0.15) is 4.31 Å². The molecule has 1 aromatic rings. The van der Waals surface area contributed by atoms with Gasteiger partial charge >= 0.3 is 0 Å². The Bertz CT molecular complexity index is 553. The van der Waals surface area contributed by atoms with Gasteiger partial charge in [-0.05, 0) is 46.5 Å². The third kappa shape index (κ3) is 3.02. The van der Waals surface area contributed by atoms with Crippen LogP contribution in [0, 0.1) is 0 Å². The van der Waals surface area contributed by atoms with Crippen molar-refractivity contribution in [3.63, 3.8) is 0 Å². The van der Waals surface area contributed by atoms with E-state index in [1.165, 1.54) is 10.4 Å². The van der Waals surface area contributed by atoms with Crippen LogP contribution in [0.25, 0.3) is 0 Å². The average Bonchev–Trinajstić information content (AvgIpc) is 2.92. The topological polar surface area (TPSA) is 57.6 Å². The number of aliphatic hydroxyl groups is 1. The first kappa shape index (κ1) is 15.0. The van der Waals surface area contributed by atoms with Gasteiger partial charge in [0.25, 0.3) is 0 Å². The molecule has 0 aromatic heterocycles. The van der Waals surface area contributed by atoms with Gasteiger partial charge in [-0.15, -0.1) is 0 Å². The summed E-state index contributed by atoms with van der Waals surface area (Å²) >= 11 is 3.28. The first-order chi connectivity index (χ1) is 8.96. The van der Waals surface area contributed by atoms with Gasteiger partial charge in [0.05, 0.1) is 11.5 Å². The van der Waals surface area contributed by atoms with Crippen molar-refractivity contribution in [2.45, 2.75) is 43.2 Å². The Hall–Kier alpha value is -0.430. The number of halogens is 1. The molecule has 0 bridgehead atoms. The highest BCUT2D eigenvalue weighted by molar-refractivity contribution is 9.10.